The van der Waals surface area contributed by atoms with E-state index < -0.39 is 0 Å². The van der Waals surface area contributed by atoms with Crippen molar-refractivity contribution in [3.8, 4) is 5.75 Å². The normalized spacial score (nSPS) is 15.4. The highest BCUT2D eigenvalue weighted by atomic mass is 19.1. The van der Waals surface area contributed by atoms with Gasteiger partial charge < -0.3 is 10.1 Å². The molecule has 1 aliphatic heterocycles. The number of ether oxygens (including phenoxy) is 1. The van der Waals surface area contributed by atoms with E-state index in [1.807, 2.05) is 0 Å². The van der Waals surface area contributed by atoms with E-state index in [1.54, 1.807) is 6.07 Å². The standard InChI is InChI=1S/C9H10FNO/c10-7-2-3-8-9(6-7)12-5-1-4-11-8/h2-3,6,11H,1,4-5H2. The van der Waals surface area contributed by atoms with Crippen LogP contribution in [-0.2, 0) is 0 Å². The number of anilines is 1. The predicted octanol–water partition coefficient (Wildman–Crippen LogP) is 2.02. The molecule has 1 N–H and O–H groups in total. The summed E-state index contributed by atoms with van der Waals surface area (Å²) in [6.45, 7) is 1.54. The van der Waals surface area contributed by atoms with Gasteiger partial charge in [-0.25, -0.2) is 4.39 Å². The molecule has 0 radical (unpaired) electrons. The van der Waals surface area contributed by atoms with Gasteiger partial charge in [-0.2, -0.15) is 0 Å². The lowest BCUT2D eigenvalue weighted by Gasteiger charge is -2.06. The second kappa shape index (κ2) is 3.01. The topological polar surface area (TPSA) is 21.3 Å². The first kappa shape index (κ1) is 7.40. The highest BCUT2D eigenvalue weighted by molar-refractivity contribution is 5.56. The second-order valence-electron chi connectivity index (χ2n) is 2.77. The van der Waals surface area contributed by atoms with Crippen LogP contribution in [-0.4, -0.2) is 13.2 Å². The first-order valence-corrected chi connectivity index (χ1v) is 4.02. The van der Waals surface area contributed by atoms with Crippen LogP contribution in [0.4, 0.5) is 10.1 Å². The van der Waals surface area contributed by atoms with Crippen LogP contribution >= 0.6 is 0 Å². The van der Waals surface area contributed by atoms with E-state index >= 15 is 0 Å². The first-order chi connectivity index (χ1) is 5.86. The van der Waals surface area contributed by atoms with Crippen molar-refractivity contribution in [3.05, 3.63) is 24.0 Å². The molecule has 2 nitrogen and oxygen atoms in total. The molecule has 0 saturated heterocycles. The third kappa shape index (κ3) is 1.35. The van der Waals surface area contributed by atoms with E-state index in [2.05, 4.69) is 5.32 Å². The molecule has 12 heavy (non-hydrogen) atoms. The van der Waals surface area contributed by atoms with E-state index in [4.69, 9.17) is 4.74 Å². The fourth-order valence-electron chi connectivity index (χ4n) is 1.24. The monoisotopic (exact) mass is 167 g/mol. The molecule has 0 saturated carbocycles. The highest BCUT2D eigenvalue weighted by Crippen LogP contribution is 2.26. The molecule has 1 aromatic rings. The Morgan fingerprint density at radius 1 is 1.42 bits per heavy atom. The van der Waals surface area contributed by atoms with Gasteiger partial charge in [0.15, 0.2) is 0 Å². The maximum atomic E-state index is 12.7. The van der Waals surface area contributed by atoms with Crippen molar-refractivity contribution in [2.45, 2.75) is 6.42 Å². The number of hydrogen-bond acceptors (Lipinski definition) is 2. The van der Waals surface area contributed by atoms with Crippen molar-refractivity contribution in [1.82, 2.24) is 0 Å². The molecular weight excluding hydrogens is 157 g/mol. The molecule has 3 heteroatoms. The summed E-state index contributed by atoms with van der Waals surface area (Å²) in [7, 11) is 0. The Kier molecular flexibility index (Phi) is 1.86. The minimum atomic E-state index is -0.252. The third-order valence-corrected chi connectivity index (χ3v) is 1.84. The van der Waals surface area contributed by atoms with Gasteiger partial charge in [-0.3, -0.25) is 0 Å². The lowest BCUT2D eigenvalue weighted by atomic mass is 10.3. The molecule has 0 spiro atoms. The van der Waals surface area contributed by atoms with Crippen LogP contribution in [0, 0.1) is 5.82 Å². The van der Waals surface area contributed by atoms with Crippen LogP contribution in [0.5, 0.6) is 5.75 Å². The van der Waals surface area contributed by atoms with E-state index in [1.165, 1.54) is 12.1 Å². The van der Waals surface area contributed by atoms with Gasteiger partial charge in [-0.15, -0.1) is 0 Å². The Bertz CT molecular complexity index is 288. The molecule has 0 atom stereocenters. The van der Waals surface area contributed by atoms with Gasteiger partial charge in [-0.1, -0.05) is 0 Å². The van der Waals surface area contributed by atoms with E-state index in [9.17, 15) is 4.39 Å². The molecular formula is C9H10FNO. The Hall–Kier alpha value is -1.25. The van der Waals surface area contributed by atoms with Crippen LogP contribution in [0.3, 0.4) is 0 Å². The largest absolute Gasteiger partial charge is 0.491 e. The quantitative estimate of drug-likeness (QED) is 0.638. The summed E-state index contributed by atoms with van der Waals surface area (Å²) >= 11 is 0. The van der Waals surface area contributed by atoms with Crippen molar-refractivity contribution in [2.24, 2.45) is 0 Å². The maximum absolute atomic E-state index is 12.7. The van der Waals surface area contributed by atoms with Gasteiger partial charge in [0.25, 0.3) is 0 Å². The predicted molar refractivity (Wildman–Crippen MR) is 45.0 cm³/mol. The zero-order valence-electron chi connectivity index (χ0n) is 6.64. The maximum Gasteiger partial charge on any atom is 0.145 e. The Labute approximate surface area is 70.3 Å². The van der Waals surface area contributed by atoms with Crippen molar-refractivity contribution in [1.29, 1.82) is 0 Å². The number of halogens is 1. The van der Waals surface area contributed by atoms with Crippen LogP contribution in [0.1, 0.15) is 6.42 Å². The third-order valence-electron chi connectivity index (χ3n) is 1.84. The van der Waals surface area contributed by atoms with Gasteiger partial charge in [-0.05, 0) is 18.6 Å². The van der Waals surface area contributed by atoms with E-state index in [0.717, 1.165) is 18.7 Å². The smallest absolute Gasteiger partial charge is 0.145 e. The zero-order chi connectivity index (χ0) is 8.39. The molecule has 0 amide bonds. The van der Waals surface area contributed by atoms with E-state index in [-0.39, 0.29) is 5.82 Å². The number of hydrogen-bond donors (Lipinski definition) is 1. The summed E-state index contributed by atoms with van der Waals surface area (Å²) in [5.41, 5.74) is 0.883. The first-order valence-electron chi connectivity index (χ1n) is 4.02. The average molecular weight is 167 g/mol. The van der Waals surface area contributed by atoms with Crippen LogP contribution in [0.25, 0.3) is 0 Å². The summed E-state index contributed by atoms with van der Waals surface area (Å²) in [4.78, 5) is 0. The molecule has 1 heterocycles. The molecule has 0 fully saturated rings. The SMILES string of the molecule is Fc1ccc2c(c1)OCCCN2. The summed E-state index contributed by atoms with van der Waals surface area (Å²) < 4.78 is 18.0. The van der Waals surface area contributed by atoms with Crippen LogP contribution in [0.15, 0.2) is 18.2 Å². The summed E-state index contributed by atoms with van der Waals surface area (Å²) in [5, 5.41) is 3.16. The molecule has 1 aromatic carbocycles. The zero-order valence-corrected chi connectivity index (χ0v) is 6.64. The average Bonchev–Trinajstić information content (AvgIpc) is 2.28. The number of rotatable bonds is 0. The van der Waals surface area contributed by atoms with Crippen molar-refractivity contribution >= 4 is 5.69 Å². The minimum absolute atomic E-state index is 0.252. The molecule has 1 aliphatic rings. The van der Waals surface area contributed by atoms with Gasteiger partial charge in [0.05, 0.1) is 12.3 Å². The number of nitrogens with one attached hydrogen (secondary N) is 1. The second-order valence-corrected chi connectivity index (χ2v) is 2.77. The fourth-order valence-corrected chi connectivity index (χ4v) is 1.24. The fraction of sp³-hybridized carbons (Fsp3) is 0.333. The molecule has 0 aromatic heterocycles. The lowest BCUT2D eigenvalue weighted by molar-refractivity contribution is 0.321. The van der Waals surface area contributed by atoms with Crippen molar-refractivity contribution < 1.29 is 9.13 Å². The number of fused-ring (bicyclic) bond motifs is 1. The van der Waals surface area contributed by atoms with Gasteiger partial charge >= 0.3 is 0 Å². The molecule has 0 bridgehead atoms. The van der Waals surface area contributed by atoms with Crippen molar-refractivity contribution in [3.63, 3.8) is 0 Å². The molecule has 64 valence electrons. The Balaban J connectivity index is 2.36. The van der Waals surface area contributed by atoms with Gasteiger partial charge in [0.1, 0.15) is 11.6 Å². The van der Waals surface area contributed by atoms with Crippen LogP contribution < -0.4 is 10.1 Å². The molecule has 0 unspecified atom stereocenters. The van der Waals surface area contributed by atoms with Crippen LogP contribution in [0.2, 0.25) is 0 Å². The molecule has 0 aliphatic carbocycles. The Morgan fingerprint density at radius 2 is 2.33 bits per heavy atom. The van der Waals surface area contributed by atoms with Gasteiger partial charge in [0.2, 0.25) is 0 Å². The summed E-state index contributed by atoms with van der Waals surface area (Å²) in [6, 6.07) is 4.55. The lowest BCUT2D eigenvalue weighted by Crippen LogP contribution is -1.99. The Morgan fingerprint density at radius 3 is 3.25 bits per heavy atom. The summed E-state index contributed by atoms with van der Waals surface area (Å²) in [5.74, 6) is 0.366. The van der Waals surface area contributed by atoms with E-state index in [0.29, 0.717) is 12.4 Å². The minimum Gasteiger partial charge on any atom is -0.491 e. The van der Waals surface area contributed by atoms with Gasteiger partial charge in [0, 0.05) is 12.6 Å². The molecule has 2 rings (SSSR count). The summed E-state index contributed by atoms with van der Waals surface area (Å²) in [6.07, 6.45) is 0.955. The van der Waals surface area contributed by atoms with Crippen molar-refractivity contribution in [2.75, 3.05) is 18.5 Å². The number of benzene rings is 1. The highest BCUT2D eigenvalue weighted by Gasteiger charge is 2.07.